The number of hydrogen-bond donors (Lipinski definition) is 1. The van der Waals surface area contributed by atoms with Crippen molar-refractivity contribution in [3.63, 3.8) is 0 Å². The maximum Gasteiger partial charge on any atom is 0.226 e. The van der Waals surface area contributed by atoms with Crippen molar-refractivity contribution in [3.8, 4) is 0 Å². The lowest BCUT2D eigenvalue weighted by atomic mass is 10.0. The molecule has 2 atom stereocenters. The fourth-order valence-electron chi connectivity index (χ4n) is 3.95. The van der Waals surface area contributed by atoms with Gasteiger partial charge in [0, 0.05) is 24.7 Å². The lowest BCUT2D eigenvalue weighted by Crippen LogP contribution is -2.33. The maximum absolute atomic E-state index is 12.8. The van der Waals surface area contributed by atoms with Crippen LogP contribution in [0.2, 0.25) is 0 Å². The predicted molar refractivity (Wildman–Crippen MR) is 85.5 cm³/mol. The number of anilines is 1. The Balaban J connectivity index is 1.66. The van der Waals surface area contributed by atoms with Crippen LogP contribution in [0.4, 0.5) is 5.69 Å². The minimum Gasteiger partial charge on any atom is -0.399 e. The molecule has 0 bridgehead atoms. The Bertz CT molecular complexity index is 484. The minimum absolute atomic E-state index is 0.327. The summed E-state index contributed by atoms with van der Waals surface area (Å²) in [4.78, 5) is 14.9. The van der Waals surface area contributed by atoms with Crippen LogP contribution in [0.3, 0.4) is 0 Å². The van der Waals surface area contributed by atoms with E-state index < -0.39 is 0 Å². The Kier molecular flexibility index (Phi) is 4.18. The van der Waals surface area contributed by atoms with Gasteiger partial charge in [-0.05, 0) is 48.8 Å². The molecule has 3 nitrogen and oxygen atoms in total. The molecule has 3 rings (SSSR count). The molecule has 0 heterocycles. The average Bonchev–Trinajstić information content (AvgIpc) is 3.22. The molecular weight excluding hydrogens is 260 g/mol. The zero-order chi connectivity index (χ0) is 14.8. The van der Waals surface area contributed by atoms with Crippen molar-refractivity contribution in [2.24, 2.45) is 17.8 Å². The number of carbonyl (C=O) groups excluding carboxylic acids is 1. The van der Waals surface area contributed by atoms with Crippen molar-refractivity contribution in [2.75, 3.05) is 12.3 Å². The van der Waals surface area contributed by atoms with Crippen molar-refractivity contribution >= 4 is 11.6 Å². The number of fused-ring (bicyclic) bond motifs is 1. The Morgan fingerprint density at radius 1 is 1.19 bits per heavy atom. The second kappa shape index (κ2) is 6.08. The molecule has 2 unspecified atom stereocenters. The van der Waals surface area contributed by atoms with E-state index in [0.29, 0.717) is 23.7 Å². The monoisotopic (exact) mass is 286 g/mol. The Morgan fingerprint density at radius 3 is 2.38 bits per heavy atom. The molecule has 21 heavy (non-hydrogen) atoms. The Morgan fingerprint density at radius 2 is 1.81 bits per heavy atom. The minimum atomic E-state index is 0.327. The van der Waals surface area contributed by atoms with Gasteiger partial charge in [0.15, 0.2) is 0 Å². The molecule has 0 aromatic heterocycles. The molecule has 2 aliphatic carbocycles. The van der Waals surface area contributed by atoms with Crippen LogP contribution < -0.4 is 5.73 Å². The summed E-state index contributed by atoms with van der Waals surface area (Å²) in [5, 5.41) is 0. The van der Waals surface area contributed by atoms with Crippen molar-refractivity contribution in [1.82, 2.24) is 4.90 Å². The summed E-state index contributed by atoms with van der Waals surface area (Å²) in [7, 11) is 0. The lowest BCUT2D eigenvalue weighted by Gasteiger charge is -2.23. The standard InChI is InChI=1S/C18H26N2O/c1-2-11-20(12-13-7-9-14(19)10-8-13)18(21)17-15-5-3-4-6-16(15)17/h7-10,15-17H,2-6,11-12,19H2,1H3. The molecule has 2 fully saturated rings. The van der Waals surface area contributed by atoms with Crippen LogP contribution in [0.15, 0.2) is 24.3 Å². The highest BCUT2D eigenvalue weighted by Gasteiger charge is 2.55. The third-order valence-corrected chi connectivity index (χ3v) is 5.10. The summed E-state index contributed by atoms with van der Waals surface area (Å²) in [5.74, 6) is 2.10. The number of amides is 1. The van der Waals surface area contributed by atoms with E-state index in [1.165, 1.54) is 31.2 Å². The number of rotatable bonds is 5. The second-order valence-corrected chi connectivity index (χ2v) is 6.64. The van der Waals surface area contributed by atoms with Gasteiger partial charge in [0.2, 0.25) is 5.91 Å². The number of benzene rings is 1. The molecule has 0 spiro atoms. The molecule has 1 amide bonds. The van der Waals surface area contributed by atoms with Crippen LogP contribution in [0.1, 0.15) is 44.6 Å². The topological polar surface area (TPSA) is 46.3 Å². The van der Waals surface area contributed by atoms with Crippen molar-refractivity contribution < 1.29 is 4.79 Å². The molecule has 114 valence electrons. The predicted octanol–water partition coefficient (Wildman–Crippen LogP) is 3.44. The number of nitrogens with two attached hydrogens (primary N) is 1. The summed E-state index contributed by atoms with van der Waals surface area (Å²) in [6.45, 7) is 3.73. The summed E-state index contributed by atoms with van der Waals surface area (Å²) in [6, 6.07) is 7.90. The quantitative estimate of drug-likeness (QED) is 0.843. The van der Waals surface area contributed by atoms with Crippen molar-refractivity contribution in [1.29, 1.82) is 0 Å². The van der Waals surface area contributed by atoms with Gasteiger partial charge >= 0.3 is 0 Å². The molecule has 1 aromatic rings. The number of nitrogen functional groups attached to an aromatic ring is 1. The van der Waals surface area contributed by atoms with Crippen LogP contribution in [-0.4, -0.2) is 17.4 Å². The van der Waals surface area contributed by atoms with Crippen LogP contribution >= 0.6 is 0 Å². The smallest absolute Gasteiger partial charge is 0.226 e. The van der Waals surface area contributed by atoms with Gasteiger partial charge in [-0.3, -0.25) is 4.79 Å². The molecular formula is C18H26N2O. The summed E-state index contributed by atoms with van der Waals surface area (Å²) < 4.78 is 0. The van der Waals surface area contributed by atoms with Gasteiger partial charge in [0.1, 0.15) is 0 Å². The first-order chi connectivity index (χ1) is 10.2. The SMILES string of the molecule is CCCN(Cc1ccc(N)cc1)C(=O)C1C2CCCCC21. The van der Waals surface area contributed by atoms with Gasteiger partial charge in [0.05, 0.1) is 0 Å². The molecule has 0 saturated heterocycles. The first-order valence-corrected chi connectivity index (χ1v) is 8.34. The van der Waals surface area contributed by atoms with Crippen LogP contribution in [0.5, 0.6) is 0 Å². The van der Waals surface area contributed by atoms with E-state index in [9.17, 15) is 4.79 Å². The lowest BCUT2D eigenvalue weighted by molar-refractivity contribution is -0.133. The fourth-order valence-corrected chi connectivity index (χ4v) is 3.95. The molecule has 0 radical (unpaired) electrons. The van der Waals surface area contributed by atoms with Crippen LogP contribution in [0, 0.1) is 17.8 Å². The van der Waals surface area contributed by atoms with Gasteiger partial charge < -0.3 is 10.6 Å². The first kappa shape index (κ1) is 14.4. The summed E-state index contributed by atoms with van der Waals surface area (Å²) in [6.07, 6.45) is 6.18. The maximum atomic E-state index is 12.8. The normalized spacial score (nSPS) is 27.0. The van der Waals surface area contributed by atoms with E-state index in [1.54, 1.807) is 0 Å². The number of nitrogens with zero attached hydrogens (tertiary/aromatic N) is 1. The van der Waals surface area contributed by atoms with Gasteiger partial charge in [-0.15, -0.1) is 0 Å². The van der Waals surface area contributed by atoms with Crippen molar-refractivity contribution in [3.05, 3.63) is 29.8 Å². The van der Waals surface area contributed by atoms with Gasteiger partial charge in [-0.2, -0.15) is 0 Å². The van der Waals surface area contributed by atoms with Crippen LogP contribution in [0.25, 0.3) is 0 Å². The number of carbonyl (C=O) groups is 1. The van der Waals surface area contributed by atoms with Gasteiger partial charge in [0.25, 0.3) is 0 Å². The Labute approximate surface area is 127 Å². The zero-order valence-electron chi connectivity index (χ0n) is 12.9. The Hall–Kier alpha value is -1.51. The molecule has 2 aliphatic rings. The molecule has 0 aliphatic heterocycles. The molecule has 2 N–H and O–H groups in total. The summed E-state index contributed by atoms with van der Waals surface area (Å²) in [5.41, 5.74) is 7.69. The van der Waals surface area contributed by atoms with E-state index in [4.69, 9.17) is 5.73 Å². The van der Waals surface area contributed by atoms with E-state index in [1.807, 2.05) is 24.3 Å². The number of hydrogen-bond acceptors (Lipinski definition) is 2. The zero-order valence-corrected chi connectivity index (χ0v) is 12.9. The summed E-state index contributed by atoms with van der Waals surface area (Å²) >= 11 is 0. The largest absolute Gasteiger partial charge is 0.399 e. The highest BCUT2D eigenvalue weighted by Crippen LogP contribution is 2.56. The highest BCUT2D eigenvalue weighted by atomic mass is 16.2. The van der Waals surface area contributed by atoms with Crippen molar-refractivity contribution in [2.45, 2.75) is 45.6 Å². The van der Waals surface area contributed by atoms with Gasteiger partial charge in [-0.25, -0.2) is 0 Å². The first-order valence-electron chi connectivity index (χ1n) is 8.34. The third kappa shape index (κ3) is 3.07. The van der Waals surface area contributed by atoms with E-state index >= 15 is 0 Å². The molecule has 2 saturated carbocycles. The third-order valence-electron chi connectivity index (χ3n) is 5.10. The molecule has 1 aromatic carbocycles. The van der Waals surface area contributed by atoms with E-state index in [2.05, 4.69) is 11.8 Å². The van der Waals surface area contributed by atoms with Gasteiger partial charge in [-0.1, -0.05) is 31.9 Å². The molecule has 3 heteroatoms. The van der Waals surface area contributed by atoms with E-state index in [-0.39, 0.29) is 0 Å². The van der Waals surface area contributed by atoms with Crippen LogP contribution in [-0.2, 0) is 11.3 Å². The average molecular weight is 286 g/mol. The fraction of sp³-hybridized carbons (Fsp3) is 0.611. The second-order valence-electron chi connectivity index (χ2n) is 6.64. The highest BCUT2D eigenvalue weighted by molar-refractivity contribution is 5.82. The van der Waals surface area contributed by atoms with E-state index in [0.717, 1.165) is 25.2 Å².